The quantitative estimate of drug-likeness (QED) is 0.794. The maximum Gasteiger partial charge on any atom is 0.232 e. The van der Waals surface area contributed by atoms with E-state index in [1.807, 2.05) is 0 Å². The van der Waals surface area contributed by atoms with Crippen LogP contribution in [0.5, 0.6) is 0 Å². The van der Waals surface area contributed by atoms with Gasteiger partial charge in [0.2, 0.25) is 5.91 Å². The van der Waals surface area contributed by atoms with E-state index in [1.54, 1.807) is 0 Å². The Morgan fingerprint density at radius 2 is 1.80 bits per heavy atom. The Balaban J connectivity index is 1.97. The van der Waals surface area contributed by atoms with Crippen LogP contribution in [0.15, 0.2) is 18.2 Å². The van der Waals surface area contributed by atoms with Crippen LogP contribution in [0.25, 0.3) is 0 Å². The molecule has 3 rings (SSSR count). The zero-order chi connectivity index (χ0) is 14.3. The first-order valence-corrected chi connectivity index (χ1v) is 7.92. The Kier molecular flexibility index (Phi) is 3.35. The molecular formula is C18H25NO. The first kappa shape index (κ1) is 13.7. The van der Waals surface area contributed by atoms with Gasteiger partial charge in [0.15, 0.2) is 0 Å². The predicted molar refractivity (Wildman–Crippen MR) is 83.1 cm³/mol. The highest BCUT2D eigenvalue weighted by Gasteiger charge is 2.37. The molecule has 1 aromatic carbocycles. The maximum absolute atomic E-state index is 12.4. The summed E-state index contributed by atoms with van der Waals surface area (Å²) in [6.45, 7) is 6.69. The van der Waals surface area contributed by atoms with Crippen molar-refractivity contribution in [1.82, 2.24) is 0 Å². The van der Waals surface area contributed by atoms with E-state index in [0.29, 0.717) is 5.92 Å². The molecule has 1 aromatic rings. The third kappa shape index (κ3) is 2.36. The lowest BCUT2D eigenvalue weighted by molar-refractivity contribution is -0.118. The normalized spacial score (nSPS) is 23.6. The minimum absolute atomic E-state index is 0.0904. The van der Waals surface area contributed by atoms with Crippen LogP contribution in [0, 0.1) is 5.92 Å². The number of benzene rings is 1. The number of anilines is 1. The first-order chi connectivity index (χ1) is 9.47. The highest BCUT2D eigenvalue weighted by atomic mass is 16.2. The number of rotatable bonds is 1. The summed E-state index contributed by atoms with van der Waals surface area (Å²) in [5.74, 6) is 0.853. The summed E-state index contributed by atoms with van der Waals surface area (Å²) in [5.41, 5.74) is 3.75. The molecule has 1 saturated carbocycles. The molecule has 1 fully saturated rings. The van der Waals surface area contributed by atoms with Gasteiger partial charge in [-0.15, -0.1) is 0 Å². The van der Waals surface area contributed by atoms with Crippen molar-refractivity contribution in [2.24, 2.45) is 5.92 Å². The molecule has 0 bridgehead atoms. The highest BCUT2D eigenvalue weighted by molar-refractivity contribution is 6.03. The molecule has 0 aromatic heterocycles. The summed E-state index contributed by atoms with van der Waals surface area (Å²) in [7, 11) is 0. The molecule has 2 nitrogen and oxygen atoms in total. The highest BCUT2D eigenvalue weighted by Crippen LogP contribution is 2.44. The van der Waals surface area contributed by atoms with Gasteiger partial charge >= 0.3 is 0 Å². The van der Waals surface area contributed by atoms with Crippen molar-refractivity contribution in [3.8, 4) is 0 Å². The second-order valence-corrected chi connectivity index (χ2v) is 7.42. The van der Waals surface area contributed by atoms with Crippen LogP contribution in [-0.2, 0) is 10.2 Å². The fourth-order valence-electron chi connectivity index (χ4n) is 3.69. The summed E-state index contributed by atoms with van der Waals surface area (Å²) >= 11 is 0. The molecular weight excluding hydrogens is 246 g/mol. The van der Waals surface area contributed by atoms with E-state index in [9.17, 15) is 4.79 Å². The molecule has 1 aliphatic carbocycles. The molecule has 0 radical (unpaired) electrons. The van der Waals surface area contributed by atoms with Gasteiger partial charge in [-0.25, -0.2) is 0 Å². The zero-order valence-corrected chi connectivity index (χ0v) is 12.8. The summed E-state index contributed by atoms with van der Waals surface area (Å²) in [6.07, 6.45) is 6.31. The van der Waals surface area contributed by atoms with Crippen molar-refractivity contribution in [1.29, 1.82) is 0 Å². The van der Waals surface area contributed by atoms with Gasteiger partial charge in [-0.3, -0.25) is 4.79 Å². The Morgan fingerprint density at radius 3 is 2.45 bits per heavy atom. The lowest BCUT2D eigenvalue weighted by Gasteiger charge is -2.27. The third-order valence-electron chi connectivity index (χ3n) is 4.91. The van der Waals surface area contributed by atoms with E-state index in [2.05, 4.69) is 44.3 Å². The summed E-state index contributed by atoms with van der Waals surface area (Å²) < 4.78 is 0. The Bertz CT molecular complexity index is 521. The SMILES string of the molecule is CC(C)(C)c1ccc2c(c1)C(C1CCCCC1)C(=O)N2. The van der Waals surface area contributed by atoms with Gasteiger partial charge in [0.25, 0.3) is 0 Å². The van der Waals surface area contributed by atoms with Crippen molar-refractivity contribution < 1.29 is 4.79 Å². The van der Waals surface area contributed by atoms with Crippen molar-refractivity contribution in [3.63, 3.8) is 0 Å². The molecule has 0 spiro atoms. The van der Waals surface area contributed by atoms with Crippen LogP contribution in [0.4, 0.5) is 5.69 Å². The monoisotopic (exact) mass is 271 g/mol. The number of hydrogen-bond acceptors (Lipinski definition) is 1. The van der Waals surface area contributed by atoms with E-state index in [1.165, 1.54) is 43.2 Å². The average Bonchev–Trinajstić information content (AvgIpc) is 2.73. The third-order valence-corrected chi connectivity index (χ3v) is 4.91. The van der Waals surface area contributed by atoms with E-state index in [-0.39, 0.29) is 17.2 Å². The van der Waals surface area contributed by atoms with Crippen molar-refractivity contribution >= 4 is 11.6 Å². The maximum atomic E-state index is 12.4. The van der Waals surface area contributed by atoms with Gasteiger partial charge in [0.1, 0.15) is 0 Å². The minimum Gasteiger partial charge on any atom is -0.325 e. The smallest absolute Gasteiger partial charge is 0.232 e. The van der Waals surface area contributed by atoms with Gasteiger partial charge in [-0.2, -0.15) is 0 Å². The average molecular weight is 271 g/mol. The van der Waals surface area contributed by atoms with Crippen LogP contribution in [0.2, 0.25) is 0 Å². The van der Waals surface area contributed by atoms with E-state index in [4.69, 9.17) is 0 Å². The molecule has 2 aliphatic rings. The second kappa shape index (κ2) is 4.91. The fourth-order valence-corrected chi connectivity index (χ4v) is 3.69. The van der Waals surface area contributed by atoms with Crippen molar-refractivity contribution in [3.05, 3.63) is 29.3 Å². The summed E-state index contributed by atoms with van der Waals surface area (Å²) in [4.78, 5) is 12.4. The topological polar surface area (TPSA) is 29.1 Å². The lowest BCUT2D eigenvalue weighted by atomic mass is 9.76. The fraction of sp³-hybridized carbons (Fsp3) is 0.611. The molecule has 1 atom stereocenters. The Labute approximate surface area is 122 Å². The van der Waals surface area contributed by atoms with Crippen LogP contribution in [0.1, 0.15) is 69.9 Å². The van der Waals surface area contributed by atoms with Crippen molar-refractivity contribution in [2.75, 3.05) is 5.32 Å². The molecule has 108 valence electrons. The van der Waals surface area contributed by atoms with Crippen LogP contribution >= 0.6 is 0 Å². The van der Waals surface area contributed by atoms with Crippen molar-refractivity contribution in [2.45, 2.75) is 64.2 Å². The molecule has 0 saturated heterocycles. The number of nitrogens with one attached hydrogen (secondary N) is 1. The van der Waals surface area contributed by atoms with Crippen LogP contribution in [0.3, 0.4) is 0 Å². The second-order valence-electron chi connectivity index (χ2n) is 7.42. The Hall–Kier alpha value is -1.31. The molecule has 1 heterocycles. The minimum atomic E-state index is 0.0904. The summed E-state index contributed by atoms with van der Waals surface area (Å²) in [6, 6.07) is 6.52. The largest absolute Gasteiger partial charge is 0.325 e. The zero-order valence-electron chi connectivity index (χ0n) is 12.8. The molecule has 2 heteroatoms. The van der Waals surface area contributed by atoms with E-state index < -0.39 is 0 Å². The molecule has 1 N–H and O–H groups in total. The van der Waals surface area contributed by atoms with Gasteiger partial charge < -0.3 is 5.32 Å². The number of carbonyl (C=O) groups excluding carboxylic acids is 1. The summed E-state index contributed by atoms with van der Waals surface area (Å²) in [5, 5.41) is 3.08. The van der Waals surface area contributed by atoms with Gasteiger partial charge in [0, 0.05) is 5.69 Å². The first-order valence-electron chi connectivity index (χ1n) is 7.92. The number of hydrogen-bond donors (Lipinski definition) is 1. The van der Waals surface area contributed by atoms with Gasteiger partial charge in [0.05, 0.1) is 5.92 Å². The van der Waals surface area contributed by atoms with E-state index in [0.717, 1.165) is 5.69 Å². The number of carbonyl (C=O) groups is 1. The van der Waals surface area contributed by atoms with Gasteiger partial charge in [-0.1, -0.05) is 52.2 Å². The molecule has 1 unspecified atom stereocenters. The van der Waals surface area contributed by atoms with Crippen LogP contribution in [-0.4, -0.2) is 5.91 Å². The van der Waals surface area contributed by atoms with Crippen LogP contribution < -0.4 is 5.32 Å². The standard InChI is InChI=1S/C18H25NO/c1-18(2,3)13-9-10-15-14(11-13)16(17(20)19-15)12-7-5-4-6-8-12/h9-12,16H,4-8H2,1-3H3,(H,19,20). The van der Waals surface area contributed by atoms with E-state index >= 15 is 0 Å². The van der Waals surface area contributed by atoms with Gasteiger partial charge in [-0.05, 0) is 41.4 Å². The lowest BCUT2D eigenvalue weighted by Crippen LogP contribution is -2.23. The molecule has 1 amide bonds. The molecule has 20 heavy (non-hydrogen) atoms. The number of amides is 1. The predicted octanol–water partition coefficient (Wildman–Crippen LogP) is 4.60. The molecule has 1 aliphatic heterocycles. The number of fused-ring (bicyclic) bond motifs is 1. The Morgan fingerprint density at radius 1 is 1.10 bits per heavy atom.